The molecule has 0 bridgehead atoms. The van der Waals surface area contributed by atoms with E-state index in [1.807, 2.05) is 0 Å². The normalized spacial score (nSPS) is 11.0. The summed E-state index contributed by atoms with van der Waals surface area (Å²) < 4.78 is 0. The third kappa shape index (κ3) is 12.8. The number of rotatable bonds is 16. The monoisotopic (exact) mass is 377 g/mol. The van der Waals surface area contributed by atoms with Crippen molar-refractivity contribution in [3.05, 3.63) is 0 Å². The molecule has 0 aromatic rings. The molecule has 0 radical (unpaired) electrons. The van der Waals surface area contributed by atoms with Crippen LogP contribution in [0.1, 0.15) is 0 Å². The van der Waals surface area contributed by atoms with Gasteiger partial charge in [0.1, 0.15) is 6.29 Å². The van der Waals surface area contributed by atoms with E-state index in [-0.39, 0.29) is 32.7 Å². The van der Waals surface area contributed by atoms with Gasteiger partial charge in [0.05, 0.1) is 32.7 Å². The molecule has 0 amide bonds. The van der Waals surface area contributed by atoms with Crippen LogP contribution in [0.25, 0.3) is 0 Å². The summed E-state index contributed by atoms with van der Waals surface area (Å²) in [5.74, 6) is -4.77. The van der Waals surface area contributed by atoms with Crippen molar-refractivity contribution in [2.45, 2.75) is 0 Å². The Hall–Kier alpha value is -2.57. The number of hydrogen-bond acceptors (Lipinski definition) is 8. The Balaban J connectivity index is 4.69. The van der Waals surface area contributed by atoms with Crippen LogP contribution in [0.4, 0.5) is 0 Å². The van der Waals surface area contributed by atoms with Crippen LogP contribution in [0.3, 0.4) is 0 Å². The first-order chi connectivity index (χ1) is 12.1. The van der Waals surface area contributed by atoms with Crippen molar-refractivity contribution < 1.29 is 44.4 Å². The first kappa shape index (κ1) is 23.4. The van der Waals surface area contributed by atoms with Gasteiger partial charge in [0.2, 0.25) is 0 Å². The number of carboxylic acid groups (broad SMARTS) is 4. The van der Waals surface area contributed by atoms with Crippen molar-refractivity contribution in [3.63, 3.8) is 0 Å². The van der Waals surface area contributed by atoms with Gasteiger partial charge in [-0.25, -0.2) is 0 Å². The molecule has 12 heteroatoms. The van der Waals surface area contributed by atoms with E-state index in [2.05, 4.69) is 0 Å². The van der Waals surface area contributed by atoms with Gasteiger partial charge >= 0.3 is 23.9 Å². The minimum absolute atomic E-state index is 0.0397. The fraction of sp³-hybridized carbons (Fsp3) is 0.643. The van der Waals surface area contributed by atoms with Crippen LogP contribution in [0.2, 0.25) is 0 Å². The molecular weight excluding hydrogens is 354 g/mol. The second-order valence-corrected chi connectivity index (χ2v) is 5.46. The summed E-state index contributed by atoms with van der Waals surface area (Å²) in [6.45, 7) is -1.52. The molecule has 0 fully saturated rings. The molecule has 0 aromatic carbocycles. The maximum absolute atomic E-state index is 10.8. The third-order valence-corrected chi connectivity index (χ3v) is 3.23. The van der Waals surface area contributed by atoms with Gasteiger partial charge in [0.15, 0.2) is 0 Å². The summed E-state index contributed by atoms with van der Waals surface area (Å²) in [6.07, 6.45) is 0.595. The topological polar surface area (TPSA) is 176 Å². The summed E-state index contributed by atoms with van der Waals surface area (Å²) in [4.78, 5) is 57.7. The van der Waals surface area contributed by atoms with Crippen LogP contribution in [0, 0.1) is 0 Å². The zero-order valence-corrected chi connectivity index (χ0v) is 14.1. The first-order valence-corrected chi connectivity index (χ1v) is 7.62. The van der Waals surface area contributed by atoms with Crippen LogP contribution in [0.15, 0.2) is 0 Å². The number of carbonyl (C=O) groups is 5. The third-order valence-electron chi connectivity index (χ3n) is 3.23. The van der Waals surface area contributed by atoms with E-state index in [1.165, 1.54) is 9.80 Å². The number of aldehydes is 1. The molecule has 0 saturated heterocycles. The van der Waals surface area contributed by atoms with E-state index in [9.17, 15) is 24.0 Å². The molecule has 0 unspecified atom stereocenters. The molecule has 0 rings (SSSR count). The summed E-state index contributed by atoms with van der Waals surface area (Å²) in [6, 6.07) is 0. The van der Waals surface area contributed by atoms with Gasteiger partial charge in [0, 0.05) is 26.2 Å². The molecule has 0 heterocycles. The Morgan fingerprint density at radius 1 is 0.577 bits per heavy atom. The fourth-order valence-corrected chi connectivity index (χ4v) is 2.16. The minimum atomic E-state index is -1.19. The molecule has 148 valence electrons. The van der Waals surface area contributed by atoms with Gasteiger partial charge in [-0.15, -0.1) is 0 Å². The van der Waals surface area contributed by atoms with Gasteiger partial charge in [0.25, 0.3) is 0 Å². The van der Waals surface area contributed by atoms with Crippen LogP contribution < -0.4 is 0 Å². The van der Waals surface area contributed by atoms with E-state index in [4.69, 9.17) is 20.4 Å². The van der Waals surface area contributed by atoms with Crippen LogP contribution in [-0.4, -0.2) is 124 Å². The molecule has 0 atom stereocenters. The molecule has 0 aromatic heterocycles. The largest absolute Gasteiger partial charge is 0.480 e. The zero-order chi connectivity index (χ0) is 20.1. The van der Waals surface area contributed by atoms with Crippen molar-refractivity contribution in [1.29, 1.82) is 0 Å². The Bertz CT molecular complexity index is 440. The average Bonchev–Trinajstić information content (AvgIpc) is 2.47. The molecule has 0 aliphatic carbocycles. The average molecular weight is 377 g/mol. The number of carbonyl (C=O) groups excluding carboxylic acids is 1. The van der Waals surface area contributed by atoms with Crippen LogP contribution in [-0.2, 0) is 24.0 Å². The van der Waals surface area contributed by atoms with Crippen molar-refractivity contribution >= 4 is 30.2 Å². The van der Waals surface area contributed by atoms with E-state index in [0.29, 0.717) is 6.29 Å². The number of carboxylic acids is 4. The molecule has 26 heavy (non-hydrogen) atoms. The number of nitrogens with zero attached hydrogens (tertiary/aromatic N) is 3. The number of aliphatic carboxylic acids is 4. The SMILES string of the molecule is O=CCN(CCN(CC(=O)O)CC(=O)O)CCN(CC(=O)O)CC(=O)O. The summed E-state index contributed by atoms with van der Waals surface area (Å²) >= 11 is 0. The molecule has 12 nitrogen and oxygen atoms in total. The lowest BCUT2D eigenvalue weighted by atomic mass is 10.3. The van der Waals surface area contributed by atoms with Gasteiger partial charge in [-0.3, -0.25) is 33.9 Å². The second kappa shape index (κ2) is 12.7. The fourth-order valence-electron chi connectivity index (χ4n) is 2.16. The van der Waals surface area contributed by atoms with Gasteiger partial charge in [-0.1, -0.05) is 0 Å². The van der Waals surface area contributed by atoms with E-state index in [0.717, 1.165) is 0 Å². The Labute approximate surface area is 149 Å². The minimum Gasteiger partial charge on any atom is -0.480 e. The zero-order valence-electron chi connectivity index (χ0n) is 14.1. The Kier molecular flexibility index (Phi) is 11.5. The first-order valence-electron chi connectivity index (χ1n) is 7.62. The molecule has 0 saturated carbocycles. The van der Waals surface area contributed by atoms with Crippen molar-refractivity contribution in [3.8, 4) is 0 Å². The van der Waals surface area contributed by atoms with Crippen molar-refractivity contribution in [1.82, 2.24) is 14.7 Å². The lowest BCUT2D eigenvalue weighted by molar-refractivity contribution is -0.143. The van der Waals surface area contributed by atoms with Gasteiger partial charge in [-0.2, -0.15) is 0 Å². The van der Waals surface area contributed by atoms with Crippen LogP contribution >= 0.6 is 0 Å². The maximum Gasteiger partial charge on any atom is 0.317 e. The highest BCUT2D eigenvalue weighted by Gasteiger charge is 2.17. The molecule has 0 aliphatic rings. The van der Waals surface area contributed by atoms with Crippen molar-refractivity contribution in [2.24, 2.45) is 0 Å². The predicted molar refractivity (Wildman–Crippen MR) is 85.9 cm³/mol. The van der Waals surface area contributed by atoms with E-state index >= 15 is 0 Å². The summed E-state index contributed by atoms with van der Waals surface area (Å²) in [5.41, 5.74) is 0. The highest BCUT2D eigenvalue weighted by Crippen LogP contribution is 1.96. The Morgan fingerprint density at radius 2 is 0.846 bits per heavy atom. The summed E-state index contributed by atoms with van der Waals surface area (Å²) in [5, 5.41) is 35.1. The highest BCUT2D eigenvalue weighted by molar-refractivity contribution is 5.73. The molecule has 0 aliphatic heterocycles. The van der Waals surface area contributed by atoms with Gasteiger partial charge in [-0.05, 0) is 0 Å². The molecular formula is C14H23N3O9. The van der Waals surface area contributed by atoms with Crippen LogP contribution in [0.5, 0.6) is 0 Å². The molecule has 0 spiro atoms. The number of hydrogen-bond donors (Lipinski definition) is 4. The lowest BCUT2D eigenvalue weighted by Gasteiger charge is -2.26. The van der Waals surface area contributed by atoms with E-state index in [1.54, 1.807) is 4.90 Å². The van der Waals surface area contributed by atoms with Crippen molar-refractivity contribution in [2.75, 3.05) is 58.9 Å². The predicted octanol–water partition coefficient (Wildman–Crippen LogP) is -2.57. The van der Waals surface area contributed by atoms with Gasteiger partial charge < -0.3 is 25.2 Å². The standard InChI is InChI=1S/C14H23N3O9/c18-6-5-15(1-3-16(7-11(19)20)8-12(21)22)2-4-17(9-13(23)24)10-14(25)26/h6H,1-5,7-10H2,(H,19,20)(H,21,22)(H,23,24)(H,25,26). The van der Waals surface area contributed by atoms with E-state index < -0.39 is 50.1 Å². The highest BCUT2D eigenvalue weighted by atomic mass is 16.4. The summed E-state index contributed by atoms with van der Waals surface area (Å²) in [7, 11) is 0. The lowest BCUT2D eigenvalue weighted by Crippen LogP contribution is -2.44. The molecule has 4 N–H and O–H groups in total. The maximum atomic E-state index is 10.8. The second-order valence-electron chi connectivity index (χ2n) is 5.46. The Morgan fingerprint density at radius 3 is 1.08 bits per heavy atom. The quantitative estimate of drug-likeness (QED) is 0.207. The smallest absolute Gasteiger partial charge is 0.317 e.